The molecule has 2 N–H and O–H groups in total. The number of aryl methyl sites for hydroxylation is 1. The molecular weight excluding hydrogens is 292 g/mol. The summed E-state index contributed by atoms with van der Waals surface area (Å²) in [6.07, 6.45) is 6.45. The fraction of sp³-hybridized carbons (Fsp3) is 0.438. The molecule has 23 heavy (non-hydrogen) atoms. The van der Waals surface area contributed by atoms with Crippen LogP contribution < -0.4 is 15.4 Å². The van der Waals surface area contributed by atoms with Crippen molar-refractivity contribution >= 4 is 5.96 Å². The van der Waals surface area contributed by atoms with E-state index in [1.165, 1.54) is 0 Å². The van der Waals surface area contributed by atoms with Crippen LogP contribution in [0.4, 0.5) is 0 Å². The van der Waals surface area contributed by atoms with E-state index in [-0.39, 0.29) is 0 Å². The van der Waals surface area contributed by atoms with Gasteiger partial charge >= 0.3 is 0 Å². The van der Waals surface area contributed by atoms with Crippen molar-refractivity contribution in [2.75, 3.05) is 20.2 Å². The summed E-state index contributed by atoms with van der Waals surface area (Å²) in [5.74, 6) is 1.41. The van der Waals surface area contributed by atoms with Gasteiger partial charge < -0.3 is 15.4 Å². The second kappa shape index (κ2) is 9.45. The number of ether oxygens (including phenoxy) is 1. The van der Waals surface area contributed by atoms with Gasteiger partial charge in [-0.1, -0.05) is 6.07 Å². The van der Waals surface area contributed by atoms with Crippen LogP contribution in [0.15, 0.2) is 41.8 Å². The maximum Gasteiger partial charge on any atom is 0.218 e. The number of nitrogens with one attached hydrogen (secondary N) is 2. The second-order valence-corrected chi connectivity index (χ2v) is 4.92. The first-order chi connectivity index (χ1) is 11.3. The zero-order valence-electron chi connectivity index (χ0n) is 13.7. The highest BCUT2D eigenvalue weighted by Gasteiger charge is 2.03. The maximum absolute atomic E-state index is 5.25. The summed E-state index contributed by atoms with van der Waals surface area (Å²) in [6.45, 7) is 5.10. The lowest BCUT2D eigenvalue weighted by molar-refractivity contribution is 0.392. The quantitative estimate of drug-likeness (QED) is 0.438. The molecule has 0 radical (unpaired) electrons. The standard InChI is InChI=1S/C16H24N6O/c1-3-17-16(19-9-5-11-22-12-6-10-21-22)20-13-14-7-4-8-18-15(14)23-2/h4,6-8,10,12H,3,5,9,11,13H2,1-2H3,(H2,17,19,20). The number of aromatic nitrogens is 3. The van der Waals surface area contributed by atoms with E-state index < -0.39 is 0 Å². The average Bonchev–Trinajstić information content (AvgIpc) is 3.10. The molecule has 0 saturated carbocycles. The third-order valence-electron chi connectivity index (χ3n) is 3.21. The first-order valence-electron chi connectivity index (χ1n) is 7.81. The van der Waals surface area contributed by atoms with Crippen LogP contribution in [0.3, 0.4) is 0 Å². The Hall–Kier alpha value is -2.57. The minimum absolute atomic E-state index is 0.519. The highest BCUT2D eigenvalue weighted by atomic mass is 16.5. The minimum Gasteiger partial charge on any atom is -0.481 e. The first-order valence-corrected chi connectivity index (χ1v) is 7.81. The van der Waals surface area contributed by atoms with Gasteiger partial charge in [0.05, 0.1) is 13.7 Å². The number of pyridine rings is 1. The molecule has 7 heteroatoms. The van der Waals surface area contributed by atoms with Crippen LogP contribution in [0.25, 0.3) is 0 Å². The fourth-order valence-electron chi connectivity index (χ4n) is 2.11. The Bertz CT molecular complexity index is 596. The van der Waals surface area contributed by atoms with E-state index >= 15 is 0 Å². The molecule has 0 atom stereocenters. The Morgan fingerprint density at radius 1 is 1.30 bits per heavy atom. The van der Waals surface area contributed by atoms with Crippen molar-refractivity contribution in [1.29, 1.82) is 0 Å². The topological polar surface area (TPSA) is 76.4 Å². The summed E-state index contributed by atoms with van der Waals surface area (Å²) in [4.78, 5) is 8.76. The van der Waals surface area contributed by atoms with Crippen LogP contribution in [0.2, 0.25) is 0 Å². The Balaban J connectivity index is 1.84. The molecular formula is C16H24N6O. The summed E-state index contributed by atoms with van der Waals surface area (Å²) in [6, 6.07) is 5.79. The summed E-state index contributed by atoms with van der Waals surface area (Å²) < 4.78 is 7.17. The van der Waals surface area contributed by atoms with Gasteiger partial charge in [0.25, 0.3) is 0 Å². The van der Waals surface area contributed by atoms with Crippen LogP contribution in [-0.2, 0) is 13.1 Å². The summed E-state index contributed by atoms with van der Waals surface area (Å²) in [5, 5.41) is 10.8. The highest BCUT2D eigenvalue weighted by molar-refractivity contribution is 5.79. The third kappa shape index (κ3) is 5.61. The van der Waals surface area contributed by atoms with Crippen LogP contribution >= 0.6 is 0 Å². The monoisotopic (exact) mass is 316 g/mol. The van der Waals surface area contributed by atoms with Gasteiger partial charge in [-0.25, -0.2) is 9.98 Å². The summed E-state index contributed by atoms with van der Waals surface area (Å²) in [7, 11) is 1.62. The molecule has 0 aromatic carbocycles. The largest absolute Gasteiger partial charge is 0.481 e. The highest BCUT2D eigenvalue weighted by Crippen LogP contribution is 2.14. The van der Waals surface area contributed by atoms with Crippen molar-refractivity contribution in [3.8, 4) is 5.88 Å². The molecule has 0 spiro atoms. The molecule has 124 valence electrons. The van der Waals surface area contributed by atoms with Gasteiger partial charge in [0.2, 0.25) is 5.88 Å². The molecule has 7 nitrogen and oxygen atoms in total. The van der Waals surface area contributed by atoms with Crippen molar-refractivity contribution in [1.82, 2.24) is 25.4 Å². The molecule has 0 aliphatic heterocycles. The number of aliphatic imine (C=N–C) groups is 1. The first kappa shape index (κ1) is 16.8. The fourth-order valence-corrected chi connectivity index (χ4v) is 2.11. The molecule has 0 fully saturated rings. The molecule has 0 amide bonds. The normalized spacial score (nSPS) is 11.3. The van der Waals surface area contributed by atoms with Gasteiger partial charge in [-0.3, -0.25) is 4.68 Å². The third-order valence-corrected chi connectivity index (χ3v) is 3.21. The van der Waals surface area contributed by atoms with Gasteiger partial charge in [-0.15, -0.1) is 0 Å². The summed E-state index contributed by atoms with van der Waals surface area (Å²) in [5.41, 5.74) is 0.962. The van der Waals surface area contributed by atoms with E-state index in [1.54, 1.807) is 19.5 Å². The van der Waals surface area contributed by atoms with E-state index in [0.717, 1.165) is 37.6 Å². The molecule has 2 heterocycles. The zero-order chi connectivity index (χ0) is 16.3. The van der Waals surface area contributed by atoms with Crippen LogP contribution in [-0.4, -0.2) is 40.9 Å². The number of nitrogens with zero attached hydrogens (tertiary/aromatic N) is 4. The Morgan fingerprint density at radius 2 is 2.22 bits per heavy atom. The predicted molar refractivity (Wildman–Crippen MR) is 90.5 cm³/mol. The predicted octanol–water partition coefficient (Wildman–Crippen LogP) is 1.43. The average molecular weight is 316 g/mol. The number of methoxy groups -OCH3 is 1. The maximum atomic E-state index is 5.25. The number of guanidine groups is 1. The van der Waals surface area contributed by atoms with E-state index in [2.05, 4.69) is 25.7 Å². The van der Waals surface area contributed by atoms with Crippen molar-refractivity contribution in [3.63, 3.8) is 0 Å². The van der Waals surface area contributed by atoms with Gasteiger partial charge in [-0.05, 0) is 25.5 Å². The van der Waals surface area contributed by atoms with Crippen molar-refractivity contribution in [2.24, 2.45) is 4.99 Å². The molecule has 2 rings (SSSR count). The number of rotatable bonds is 8. The van der Waals surface area contributed by atoms with Gasteiger partial charge in [0.15, 0.2) is 5.96 Å². The lowest BCUT2D eigenvalue weighted by atomic mass is 10.3. The SMILES string of the molecule is CCNC(=NCc1cccnc1OC)NCCCn1cccn1. The number of hydrogen-bond acceptors (Lipinski definition) is 4. The second-order valence-electron chi connectivity index (χ2n) is 4.92. The smallest absolute Gasteiger partial charge is 0.218 e. The van der Waals surface area contributed by atoms with Crippen molar-refractivity contribution < 1.29 is 4.74 Å². The molecule has 0 aliphatic carbocycles. The number of hydrogen-bond donors (Lipinski definition) is 2. The Kier molecular flexibility index (Phi) is 6.90. The van der Waals surface area contributed by atoms with E-state index in [1.807, 2.05) is 36.0 Å². The van der Waals surface area contributed by atoms with E-state index in [9.17, 15) is 0 Å². The molecule has 2 aromatic rings. The minimum atomic E-state index is 0.519. The van der Waals surface area contributed by atoms with Gasteiger partial charge in [0.1, 0.15) is 0 Å². The molecule has 2 aromatic heterocycles. The summed E-state index contributed by atoms with van der Waals surface area (Å²) >= 11 is 0. The molecule has 0 bridgehead atoms. The van der Waals surface area contributed by atoms with Gasteiger partial charge in [-0.2, -0.15) is 5.10 Å². The van der Waals surface area contributed by atoms with Crippen molar-refractivity contribution in [2.45, 2.75) is 26.4 Å². The lowest BCUT2D eigenvalue weighted by Crippen LogP contribution is -2.38. The van der Waals surface area contributed by atoms with E-state index in [4.69, 9.17) is 4.74 Å². The van der Waals surface area contributed by atoms with Crippen LogP contribution in [0.1, 0.15) is 18.9 Å². The Morgan fingerprint density at radius 3 is 2.96 bits per heavy atom. The molecule has 0 aliphatic rings. The van der Waals surface area contributed by atoms with Crippen LogP contribution in [0, 0.1) is 0 Å². The molecule has 0 saturated heterocycles. The lowest BCUT2D eigenvalue weighted by Gasteiger charge is -2.12. The van der Waals surface area contributed by atoms with Gasteiger partial charge in [0, 0.05) is 43.8 Å². The Labute approximate surface area is 136 Å². The zero-order valence-corrected chi connectivity index (χ0v) is 13.7. The van der Waals surface area contributed by atoms with Crippen molar-refractivity contribution in [3.05, 3.63) is 42.4 Å². The van der Waals surface area contributed by atoms with E-state index in [0.29, 0.717) is 12.4 Å². The van der Waals surface area contributed by atoms with Crippen LogP contribution in [0.5, 0.6) is 5.88 Å². The molecule has 0 unspecified atom stereocenters.